The first-order valence-electron chi connectivity index (χ1n) is 6.01. The van der Waals surface area contributed by atoms with Gasteiger partial charge in [0.1, 0.15) is 5.75 Å². The number of carboxylic acids is 1. The fourth-order valence-corrected chi connectivity index (χ4v) is 1.80. The van der Waals surface area contributed by atoms with Crippen LogP contribution in [0.4, 0.5) is 11.4 Å². The minimum Gasteiger partial charge on any atom is -0.506 e. The van der Waals surface area contributed by atoms with Gasteiger partial charge in [-0.3, -0.25) is 14.9 Å². The van der Waals surface area contributed by atoms with Gasteiger partial charge in [0.05, 0.1) is 27.8 Å². The average molecular weight is 302 g/mol. The zero-order valence-corrected chi connectivity index (χ0v) is 11.0. The lowest BCUT2D eigenvalue weighted by Gasteiger charge is -2.09. The molecule has 22 heavy (non-hydrogen) atoms. The van der Waals surface area contributed by atoms with Crippen molar-refractivity contribution in [2.45, 2.75) is 0 Å². The van der Waals surface area contributed by atoms with Gasteiger partial charge in [-0.25, -0.2) is 4.79 Å². The standard InChI is InChI=1S/C14H10N2O6/c17-12-7-8(16(21)22)5-6-11(12)15-13(18)9-3-1-2-4-10(9)14(19)20/h1-7,17H,(H,15,18)(H,19,20). The predicted molar refractivity (Wildman–Crippen MR) is 76.1 cm³/mol. The van der Waals surface area contributed by atoms with Crippen molar-refractivity contribution >= 4 is 23.3 Å². The van der Waals surface area contributed by atoms with E-state index in [2.05, 4.69) is 5.32 Å². The van der Waals surface area contributed by atoms with Crippen molar-refractivity contribution in [1.82, 2.24) is 0 Å². The van der Waals surface area contributed by atoms with E-state index in [1.54, 1.807) is 0 Å². The summed E-state index contributed by atoms with van der Waals surface area (Å²) in [6.45, 7) is 0. The van der Waals surface area contributed by atoms with Crippen LogP contribution in [0.25, 0.3) is 0 Å². The van der Waals surface area contributed by atoms with E-state index < -0.39 is 22.5 Å². The Balaban J connectivity index is 2.30. The number of nitrogens with one attached hydrogen (secondary N) is 1. The molecule has 0 heterocycles. The Morgan fingerprint density at radius 3 is 2.27 bits per heavy atom. The van der Waals surface area contributed by atoms with Crippen molar-refractivity contribution in [1.29, 1.82) is 0 Å². The second-order valence-corrected chi connectivity index (χ2v) is 4.26. The van der Waals surface area contributed by atoms with E-state index in [9.17, 15) is 24.8 Å². The van der Waals surface area contributed by atoms with Gasteiger partial charge in [-0.05, 0) is 18.2 Å². The Kier molecular flexibility index (Phi) is 4.03. The molecule has 0 radical (unpaired) electrons. The number of phenols is 1. The van der Waals surface area contributed by atoms with Crippen molar-refractivity contribution in [3.8, 4) is 5.75 Å². The summed E-state index contributed by atoms with van der Waals surface area (Å²) in [5.41, 5.74) is -0.675. The molecule has 0 aliphatic heterocycles. The quantitative estimate of drug-likeness (QED) is 0.451. The number of nitro groups is 1. The van der Waals surface area contributed by atoms with Gasteiger partial charge in [-0.15, -0.1) is 0 Å². The molecule has 0 aliphatic carbocycles. The SMILES string of the molecule is O=C(O)c1ccccc1C(=O)Nc1ccc([N+](=O)[O-])cc1O. The first-order valence-corrected chi connectivity index (χ1v) is 6.01. The molecular formula is C14H10N2O6. The number of aromatic hydroxyl groups is 1. The minimum atomic E-state index is -1.27. The van der Waals surface area contributed by atoms with E-state index in [1.807, 2.05) is 0 Å². The monoisotopic (exact) mass is 302 g/mol. The van der Waals surface area contributed by atoms with Gasteiger partial charge in [0, 0.05) is 6.07 Å². The molecule has 1 amide bonds. The zero-order valence-electron chi connectivity index (χ0n) is 11.0. The fraction of sp³-hybridized carbons (Fsp3) is 0. The van der Waals surface area contributed by atoms with Crippen molar-refractivity contribution in [2.24, 2.45) is 0 Å². The molecule has 0 saturated carbocycles. The first-order chi connectivity index (χ1) is 10.4. The first kappa shape index (κ1) is 15.0. The van der Waals surface area contributed by atoms with E-state index in [1.165, 1.54) is 24.3 Å². The number of aromatic carboxylic acids is 1. The Morgan fingerprint density at radius 2 is 1.73 bits per heavy atom. The van der Waals surface area contributed by atoms with Crippen LogP contribution in [-0.2, 0) is 0 Å². The number of phenolic OH excluding ortho intramolecular Hbond substituents is 1. The zero-order chi connectivity index (χ0) is 16.3. The molecule has 0 unspecified atom stereocenters. The molecule has 3 N–H and O–H groups in total. The predicted octanol–water partition coefficient (Wildman–Crippen LogP) is 2.25. The number of non-ortho nitro benzene ring substituents is 1. The fourth-order valence-electron chi connectivity index (χ4n) is 1.80. The molecule has 0 aliphatic rings. The highest BCUT2D eigenvalue weighted by Crippen LogP contribution is 2.28. The average Bonchev–Trinajstić information content (AvgIpc) is 2.48. The summed E-state index contributed by atoms with van der Waals surface area (Å²) in [7, 11) is 0. The van der Waals surface area contributed by atoms with E-state index in [0.29, 0.717) is 0 Å². The maximum atomic E-state index is 12.1. The molecule has 2 aromatic rings. The molecule has 112 valence electrons. The number of anilines is 1. The van der Waals surface area contributed by atoms with Crippen molar-refractivity contribution in [3.05, 3.63) is 63.7 Å². The lowest BCUT2D eigenvalue weighted by atomic mass is 10.1. The third-order valence-corrected chi connectivity index (χ3v) is 2.84. The Labute approximate surface area is 123 Å². The van der Waals surface area contributed by atoms with E-state index in [0.717, 1.165) is 18.2 Å². The van der Waals surface area contributed by atoms with Crippen molar-refractivity contribution in [2.75, 3.05) is 5.32 Å². The summed E-state index contributed by atoms with van der Waals surface area (Å²) in [6.07, 6.45) is 0. The maximum absolute atomic E-state index is 12.1. The Hall–Kier alpha value is -3.42. The molecule has 0 spiro atoms. The van der Waals surface area contributed by atoms with Crippen LogP contribution < -0.4 is 5.32 Å². The van der Waals surface area contributed by atoms with Crippen LogP contribution in [0.3, 0.4) is 0 Å². The number of carboxylic acid groups (broad SMARTS) is 1. The van der Waals surface area contributed by atoms with Crippen LogP contribution in [0.2, 0.25) is 0 Å². The van der Waals surface area contributed by atoms with Crippen LogP contribution >= 0.6 is 0 Å². The highest BCUT2D eigenvalue weighted by Gasteiger charge is 2.18. The van der Waals surface area contributed by atoms with Gasteiger partial charge >= 0.3 is 5.97 Å². The van der Waals surface area contributed by atoms with Gasteiger partial charge in [0.2, 0.25) is 0 Å². The molecule has 0 atom stereocenters. The Bertz CT molecular complexity index is 772. The lowest BCUT2D eigenvalue weighted by Crippen LogP contribution is -2.16. The van der Waals surface area contributed by atoms with Crippen molar-refractivity contribution < 1.29 is 24.7 Å². The molecule has 2 aromatic carbocycles. The van der Waals surface area contributed by atoms with Crippen LogP contribution in [0.15, 0.2) is 42.5 Å². The van der Waals surface area contributed by atoms with Gasteiger partial charge < -0.3 is 15.5 Å². The number of nitrogens with zero attached hydrogens (tertiary/aromatic N) is 1. The molecule has 0 saturated heterocycles. The topological polar surface area (TPSA) is 130 Å². The summed E-state index contributed by atoms with van der Waals surface area (Å²) >= 11 is 0. The number of hydrogen-bond donors (Lipinski definition) is 3. The van der Waals surface area contributed by atoms with E-state index >= 15 is 0 Å². The van der Waals surface area contributed by atoms with Crippen LogP contribution in [0.5, 0.6) is 5.75 Å². The van der Waals surface area contributed by atoms with E-state index in [4.69, 9.17) is 5.11 Å². The maximum Gasteiger partial charge on any atom is 0.336 e. The lowest BCUT2D eigenvalue weighted by molar-refractivity contribution is -0.384. The van der Waals surface area contributed by atoms with Crippen LogP contribution in [-0.4, -0.2) is 27.0 Å². The largest absolute Gasteiger partial charge is 0.506 e. The van der Waals surface area contributed by atoms with Crippen molar-refractivity contribution in [3.63, 3.8) is 0 Å². The smallest absolute Gasteiger partial charge is 0.336 e. The van der Waals surface area contributed by atoms with Gasteiger partial charge in [0.15, 0.2) is 0 Å². The van der Waals surface area contributed by atoms with Gasteiger partial charge in [0.25, 0.3) is 11.6 Å². The molecule has 0 aromatic heterocycles. The molecule has 2 rings (SSSR count). The third kappa shape index (κ3) is 3.01. The number of amides is 1. The number of carbonyl (C=O) groups is 2. The normalized spacial score (nSPS) is 10.0. The number of hydrogen-bond acceptors (Lipinski definition) is 5. The number of carbonyl (C=O) groups excluding carboxylic acids is 1. The molecule has 0 bridgehead atoms. The van der Waals surface area contributed by atoms with Gasteiger partial charge in [-0.1, -0.05) is 12.1 Å². The summed E-state index contributed by atoms with van der Waals surface area (Å²) in [4.78, 5) is 33.0. The second-order valence-electron chi connectivity index (χ2n) is 4.26. The molecule has 8 heteroatoms. The van der Waals surface area contributed by atoms with Gasteiger partial charge in [-0.2, -0.15) is 0 Å². The summed E-state index contributed by atoms with van der Waals surface area (Å²) in [5.74, 6) is -2.50. The highest BCUT2D eigenvalue weighted by atomic mass is 16.6. The summed E-state index contributed by atoms with van der Waals surface area (Å²) < 4.78 is 0. The third-order valence-electron chi connectivity index (χ3n) is 2.84. The highest BCUT2D eigenvalue weighted by molar-refractivity contribution is 6.11. The van der Waals surface area contributed by atoms with Crippen LogP contribution in [0.1, 0.15) is 20.7 Å². The Morgan fingerprint density at radius 1 is 1.09 bits per heavy atom. The molecular weight excluding hydrogens is 292 g/mol. The molecule has 8 nitrogen and oxygen atoms in total. The van der Waals surface area contributed by atoms with E-state index in [-0.39, 0.29) is 22.5 Å². The van der Waals surface area contributed by atoms with Crippen LogP contribution in [0, 0.1) is 10.1 Å². The second kappa shape index (κ2) is 5.92. The minimum absolute atomic E-state index is 0.0595. The number of benzene rings is 2. The molecule has 0 fully saturated rings. The summed E-state index contributed by atoms with van der Waals surface area (Å²) in [5, 5.41) is 31.6. The summed E-state index contributed by atoms with van der Waals surface area (Å²) in [6, 6.07) is 8.72. The number of rotatable bonds is 4. The number of nitro benzene ring substituents is 1.